The highest BCUT2D eigenvalue weighted by Gasteiger charge is 2.26. The molecule has 3 rings (SSSR count). The van der Waals surface area contributed by atoms with Gasteiger partial charge in [0.05, 0.1) is 4.47 Å². The number of nitrogens with one attached hydrogen (secondary N) is 1. The Hall–Kier alpha value is -0.220. The molecule has 4 heteroatoms. The second-order valence-electron chi connectivity index (χ2n) is 6.77. The summed E-state index contributed by atoms with van der Waals surface area (Å²) in [5.41, 5.74) is 1.32. The quantitative estimate of drug-likeness (QED) is 0.639. The Morgan fingerprint density at radius 1 is 1.14 bits per heavy atom. The third-order valence-corrected chi connectivity index (χ3v) is 6.78. The van der Waals surface area contributed by atoms with E-state index in [1.165, 1.54) is 63.5 Å². The molecule has 21 heavy (non-hydrogen) atoms. The first-order valence-corrected chi connectivity index (χ1v) is 9.68. The number of hydrogen-bond donors (Lipinski definition) is 1. The Morgan fingerprint density at radius 2 is 1.86 bits per heavy atom. The lowest BCUT2D eigenvalue weighted by molar-refractivity contribution is 0.306. The molecular formula is C17H25BrN2S. The van der Waals surface area contributed by atoms with E-state index in [2.05, 4.69) is 27.8 Å². The zero-order chi connectivity index (χ0) is 14.8. The number of aromatic nitrogens is 2. The van der Waals surface area contributed by atoms with Crippen molar-refractivity contribution in [2.45, 2.75) is 76.5 Å². The molecule has 0 aliphatic heterocycles. The van der Waals surface area contributed by atoms with Crippen LogP contribution < -0.4 is 0 Å². The normalized spacial score (nSPS) is 27.1. The van der Waals surface area contributed by atoms with Gasteiger partial charge in [0.25, 0.3) is 0 Å². The first kappa shape index (κ1) is 15.7. The fraction of sp³-hybridized carbons (Fsp3) is 0.765. The fourth-order valence-corrected chi connectivity index (χ4v) is 4.81. The van der Waals surface area contributed by atoms with Gasteiger partial charge in [0.2, 0.25) is 0 Å². The highest BCUT2D eigenvalue weighted by molar-refractivity contribution is 9.10. The van der Waals surface area contributed by atoms with E-state index in [1.54, 1.807) is 0 Å². The van der Waals surface area contributed by atoms with E-state index < -0.39 is 0 Å². The third kappa shape index (κ3) is 3.42. The summed E-state index contributed by atoms with van der Waals surface area (Å²) in [7, 11) is 0. The molecule has 1 N–H and O–H groups in total. The van der Waals surface area contributed by atoms with Crippen LogP contribution in [0, 0.1) is 10.6 Å². The zero-order valence-electron chi connectivity index (χ0n) is 12.8. The summed E-state index contributed by atoms with van der Waals surface area (Å²) in [5.74, 6) is 3.25. The van der Waals surface area contributed by atoms with Crippen LogP contribution in [0.4, 0.5) is 0 Å². The van der Waals surface area contributed by atoms with Gasteiger partial charge in [-0.3, -0.25) is 0 Å². The van der Waals surface area contributed by atoms with Crippen molar-refractivity contribution < 1.29 is 0 Å². The van der Waals surface area contributed by atoms with Crippen molar-refractivity contribution in [1.29, 1.82) is 0 Å². The molecule has 0 saturated heterocycles. The Balaban J connectivity index is 1.90. The lowest BCUT2D eigenvalue weighted by Gasteiger charge is -2.28. The average molecular weight is 369 g/mol. The van der Waals surface area contributed by atoms with Crippen LogP contribution in [0.2, 0.25) is 0 Å². The van der Waals surface area contributed by atoms with E-state index in [4.69, 9.17) is 17.2 Å². The van der Waals surface area contributed by atoms with Gasteiger partial charge >= 0.3 is 0 Å². The topological polar surface area (TPSA) is 28.7 Å². The number of hydrogen-bond acceptors (Lipinski definition) is 2. The monoisotopic (exact) mass is 368 g/mol. The van der Waals surface area contributed by atoms with Crippen LogP contribution in [0.15, 0.2) is 4.47 Å². The van der Waals surface area contributed by atoms with Crippen LogP contribution >= 0.6 is 28.1 Å². The zero-order valence-corrected chi connectivity index (χ0v) is 15.2. The van der Waals surface area contributed by atoms with E-state index in [1.807, 2.05) is 0 Å². The highest BCUT2D eigenvalue weighted by Crippen LogP contribution is 2.40. The molecule has 2 nitrogen and oxygen atoms in total. The molecule has 2 atom stereocenters. The van der Waals surface area contributed by atoms with Gasteiger partial charge in [-0.25, -0.2) is 4.98 Å². The number of aromatic amines is 1. The maximum absolute atomic E-state index is 5.51. The lowest BCUT2D eigenvalue weighted by Crippen LogP contribution is -2.17. The average Bonchev–Trinajstić information content (AvgIpc) is 3.04. The third-order valence-electron chi connectivity index (χ3n) is 5.42. The summed E-state index contributed by atoms with van der Waals surface area (Å²) < 4.78 is 1.79. The summed E-state index contributed by atoms with van der Waals surface area (Å²) in [4.78, 5) is 8.39. The standard InChI is InChI=1S/C17H25BrN2S/c1-2-11-6-5-9-13(10-11)16-19-15(12-7-3-4-8-12)14(18)17(21)20-16/h11-13H,2-10H2,1H3,(H,19,20,21). The molecule has 116 valence electrons. The Morgan fingerprint density at radius 3 is 2.57 bits per heavy atom. The molecule has 0 amide bonds. The number of rotatable bonds is 3. The van der Waals surface area contributed by atoms with Crippen molar-refractivity contribution in [3.8, 4) is 0 Å². The number of H-pyrrole nitrogens is 1. The number of nitrogens with zero attached hydrogens (tertiary/aromatic N) is 1. The van der Waals surface area contributed by atoms with Crippen molar-refractivity contribution in [3.63, 3.8) is 0 Å². The summed E-state index contributed by atoms with van der Waals surface area (Å²) in [6.07, 6.45) is 11.8. The molecule has 1 aromatic heterocycles. The number of halogens is 1. The Labute approximate surface area is 141 Å². The van der Waals surface area contributed by atoms with Gasteiger partial charge in [0.1, 0.15) is 10.5 Å². The molecule has 2 saturated carbocycles. The Kier molecular flexibility index (Phi) is 5.15. The molecule has 1 heterocycles. The van der Waals surface area contributed by atoms with Crippen LogP contribution in [-0.4, -0.2) is 9.97 Å². The minimum atomic E-state index is 0.582. The molecule has 1 aromatic rings. The molecule has 0 aromatic carbocycles. The molecule has 2 aliphatic rings. The molecule has 0 bridgehead atoms. The smallest absolute Gasteiger partial charge is 0.144 e. The Bertz CT molecular complexity index is 548. The van der Waals surface area contributed by atoms with E-state index >= 15 is 0 Å². The van der Waals surface area contributed by atoms with Crippen LogP contribution in [0.5, 0.6) is 0 Å². The van der Waals surface area contributed by atoms with E-state index in [0.29, 0.717) is 11.8 Å². The van der Waals surface area contributed by atoms with Gasteiger partial charge in [-0.15, -0.1) is 0 Å². The summed E-state index contributed by atoms with van der Waals surface area (Å²) in [6.45, 7) is 2.31. The molecule has 2 fully saturated rings. The minimum absolute atomic E-state index is 0.582. The minimum Gasteiger partial charge on any atom is -0.346 e. The fourth-order valence-electron chi connectivity index (χ4n) is 4.09. The first-order chi connectivity index (χ1) is 10.2. The summed E-state index contributed by atoms with van der Waals surface area (Å²) >= 11 is 9.19. The molecular weight excluding hydrogens is 344 g/mol. The van der Waals surface area contributed by atoms with Crippen molar-refractivity contribution in [2.75, 3.05) is 0 Å². The van der Waals surface area contributed by atoms with Gasteiger partial charge in [-0.1, -0.05) is 51.2 Å². The second kappa shape index (κ2) is 6.91. The lowest BCUT2D eigenvalue weighted by atomic mass is 9.80. The maximum Gasteiger partial charge on any atom is 0.144 e. The van der Waals surface area contributed by atoms with Crippen LogP contribution in [0.1, 0.15) is 88.1 Å². The first-order valence-electron chi connectivity index (χ1n) is 8.48. The SMILES string of the molecule is CCC1CCCC(c2nc(=S)c(Br)c(C3CCCC3)[nH]2)C1. The predicted octanol–water partition coefficient (Wildman–Crippen LogP) is 6.24. The van der Waals surface area contributed by atoms with Crippen LogP contribution in [-0.2, 0) is 0 Å². The largest absolute Gasteiger partial charge is 0.346 e. The van der Waals surface area contributed by atoms with Crippen molar-refractivity contribution in [2.24, 2.45) is 5.92 Å². The maximum atomic E-state index is 5.51. The predicted molar refractivity (Wildman–Crippen MR) is 93.3 cm³/mol. The van der Waals surface area contributed by atoms with Gasteiger partial charge in [-0.05, 0) is 47.5 Å². The van der Waals surface area contributed by atoms with Gasteiger partial charge in [-0.2, -0.15) is 0 Å². The summed E-state index contributed by atoms with van der Waals surface area (Å²) in [6, 6.07) is 0. The van der Waals surface area contributed by atoms with Gasteiger partial charge in [0.15, 0.2) is 0 Å². The van der Waals surface area contributed by atoms with E-state index in [-0.39, 0.29) is 0 Å². The summed E-state index contributed by atoms with van der Waals surface area (Å²) in [5, 5.41) is 0. The van der Waals surface area contributed by atoms with E-state index in [9.17, 15) is 0 Å². The molecule has 2 aliphatic carbocycles. The van der Waals surface area contributed by atoms with Gasteiger partial charge in [0, 0.05) is 17.5 Å². The second-order valence-corrected chi connectivity index (χ2v) is 7.95. The highest BCUT2D eigenvalue weighted by atomic mass is 79.9. The molecule has 0 radical (unpaired) electrons. The van der Waals surface area contributed by atoms with Crippen LogP contribution in [0.25, 0.3) is 0 Å². The van der Waals surface area contributed by atoms with Gasteiger partial charge < -0.3 is 4.98 Å². The van der Waals surface area contributed by atoms with Crippen molar-refractivity contribution in [1.82, 2.24) is 9.97 Å². The molecule has 0 spiro atoms. The van der Waals surface area contributed by atoms with E-state index in [0.717, 1.165) is 20.9 Å². The van der Waals surface area contributed by atoms with Crippen molar-refractivity contribution in [3.05, 3.63) is 20.6 Å². The molecule has 2 unspecified atom stereocenters. The van der Waals surface area contributed by atoms with Crippen LogP contribution in [0.3, 0.4) is 0 Å². The van der Waals surface area contributed by atoms with Crippen molar-refractivity contribution >= 4 is 28.1 Å².